The SMILES string of the molecule is COCCc1noc(CNC2CCN(Cc3ccccc3)CC2(C)C)n1. The number of likely N-dealkylation sites (tertiary alicyclic amines) is 1. The summed E-state index contributed by atoms with van der Waals surface area (Å²) in [6.45, 7) is 9.08. The minimum Gasteiger partial charge on any atom is -0.384 e. The summed E-state index contributed by atoms with van der Waals surface area (Å²) >= 11 is 0. The first-order valence-corrected chi connectivity index (χ1v) is 9.37. The molecule has 1 saturated heterocycles. The molecular weight excluding hydrogens is 328 g/mol. The van der Waals surface area contributed by atoms with Crippen molar-refractivity contribution in [2.24, 2.45) is 5.41 Å². The van der Waals surface area contributed by atoms with Crippen LogP contribution in [0.15, 0.2) is 34.9 Å². The van der Waals surface area contributed by atoms with Gasteiger partial charge in [0.25, 0.3) is 0 Å². The average molecular weight is 358 g/mol. The third-order valence-electron chi connectivity index (χ3n) is 5.10. The average Bonchev–Trinajstić information content (AvgIpc) is 3.07. The van der Waals surface area contributed by atoms with Gasteiger partial charge in [-0.15, -0.1) is 0 Å². The van der Waals surface area contributed by atoms with E-state index in [2.05, 4.69) is 64.5 Å². The highest BCUT2D eigenvalue weighted by Crippen LogP contribution is 2.30. The Kier molecular flexibility index (Phi) is 6.40. The third kappa shape index (κ3) is 5.13. The second kappa shape index (κ2) is 8.75. The maximum atomic E-state index is 5.33. The molecule has 2 heterocycles. The van der Waals surface area contributed by atoms with Gasteiger partial charge in [-0.05, 0) is 17.4 Å². The Morgan fingerprint density at radius 3 is 2.85 bits per heavy atom. The summed E-state index contributed by atoms with van der Waals surface area (Å²) in [6.07, 6.45) is 1.80. The zero-order valence-electron chi connectivity index (χ0n) is 16.1. The Morgan fingerprint density at radius 1 is 1.31 bits per heavy atom. The van der Waals surface area contributed by atoms with E-state index < -0.39 is 0 Å². The number of rotatable bonds is 8. The summed E-state index contributed by atoms with van der Waals surface area (Å²) in [6, 6.07) is 11.1. The van der Waals surface area contributed by atoms with Gasteiger partial charge in [0.2, 0.25) is 5.89 Å². The van der Waals surface area contributed by atoms with E-state index in [9.17, 15) is 0 Å². The summed E-state index contributed by atoms with van der Waals surface area (Å²) in [4.78, 5) is 6.96. The second-order valence-corrected chi connectivity index (χ2v) is 7.75. The van der Waals surface area contributed by atoms with Crippen LogP contribution < -0.4 is 5.32 Å². The lowest BCUT2D eigenvalue weighted by molar-refractivity contribution is 0.0705. The Morgan fingerprint density at radius 2 is 2.12 bits per heavy atom. The number of aromatic nitrogens is 2. The van der Waals surface area contributed by atoms with Crippen molar-refractivity contribution in [3.8, 4) is 0 Å². The molecule has 2 aromatic rings. The van der Waals surface area contributed by atoms with E-state index in [0.29, 0.717) is 37.3 Å². The smallest absolute Gasteiger partial charge is 0.240 e. The molecule has 0 amide bonds. The number of ether oxygens (including phenoxy) is 1. The van der Waals surface area contributed by atoms with Gasteiger partial charge in [-0.3, -0.25) is 4.90 Å². The molecule has 0 aliphatic carbocycles. The molecule has 1 aliphatic heterocycles. The fraction of sp³-hybridized carbons (Fsp3) is 0.600. The van der Waals surface area contributed by atoms with Crippen LogP contribution in [0.4, 0.5) is 0 Å². The van der Waals surface area contributed by atoms with Crippen molar-refractivity contribution in [3.05, 3.63) is 47.6 Å². The van der Waals surface area contributed by atoms with Crippen LogP contribution in [-0.4, -0.2) is 47.9 Å². The van der Waals surface area contributed by atoms with Gasteiger partial charge in [-0.1, -0.05) is 49.3 Å². The normalized spacial score (nSPS) is 20.3. The van der Waals surface area contributed by atoms with Crippen LogP contribution >= 0.6 is 0 Å². The number of hydrogen-bond acceptors (Lipinski definition) is 6. The highest BCUT2D eigenvalue weighted by atomic mass is 16.5. The summed E-state index contributed by atoms with van der Waals surface area (Å²) in [5, 5.41) is 7.63. The summed E-state index contributed by atoms with van der Waals surface area (Å²) in [7, 11) is 1.68. The molecule has 6 nitrogen and oxygen atoms in total. The number of methoxy groups -OCH3 is 1. The molecule has 0 saturated carbocycles. The number of nitrogens with zero attached hydrogens (tertiary/aromatic N) is 3. The molecule has 1 N–H and O–H groups in total. The van der Waals surface area contributed by atoms with Gasteiger partial charge in [0, 0.05) is 39.2 Å². The van der Waals surface area contributed by atoms with E-state index in [0.717, 1.165) is 26.1 Å². The highest BCUT2D eigenvalue weighted by molar-refractivity contribution is 5.14. The van der Waals surface area contributed by atoms with Crippen LogP contribution in [0.25, 0.3) is 0 Å². The number of hydrogen-bond donors (Lipinski definition) is 1. The Hall–Kier alpha value is -1.76. The lowest BCUT2D eigenvalue weighted by atomic mass is 9.79. The molecule has 1 atom stereocenters. The van der Waals surface area contributed by atoms with Crippen molar-refractivity contribution in [3.63, 3.8) is 0 Å². The van der Waals surface area contributed by atoms with Gasteiger partial charge in [-0.2, -0.15) is 4.98 Å². The zero-order chi connectivity index (χ0) is 18.4. The van der Waals surface area contributed by atoms with Crippen molar-refractivity contribution in [2.75, 3.05) is 26.8 Å². The first-order valence-electron chi connectivity index (χ1n) is 9.37. The molecular formula is C20H30N4O2. The molecule has 1 unspecified atom stereocenters. The van der Waals surface area contributed by atoms with Crippen molar-refractivity contribution in [1.29, 1.82) is 0 Å². The first kappa shape index (κ1) is 19.0. The minimum atomic E-state index is 0.186. The van der Waals surface area contributed by atoms with Crippen LogP contribution in [0.2, 0.25) is 0 Å². The topological polar surface area (TPSA) is 63.4 Å². The maximum absolute atomic E-state index is 5.33. The first-order chi connectivity index (χ1) is 12.6. The summed E-state index contributed by atoms with van der Waals surface area (Å²) in [5.74, 6) is 1.36. The summed E-state index contributed by atoms with van der Waals surface area (Å²) < 4.78 is 10.4. The molecule has 6 heteroatoms. The molecule has 142 valence electrons. The molecule has 1 fully saturated rings. The van der Waals surface area contributed by atoms with Crippen molar-refractivity contribution in [2.45, 2.75) is 45.8 Å². The second-order valence-electron chi connectivity index (χ2n) is 7.75. The molecule has 3 rings (SSSR count). The van der Waals surface area contributed by atoms with Crippen LogP contribution in [-0.2, 0) is 24.2 Å². The predicted octanol–water partition coefficient (Wildman–Crippen LogP) is 2.65. The van der Waals surface area contributed by atoms with E-state index in [1.54, 1.807) is 7.11 Å². The van der Waals surface area contributed by atoms with Gasteiger partial charge in [0.05, 0.1) is 13.2 Å². The Labute approximate surface area is 155 Å². The van der Waals surface area contributed by atoms with Crippen LogP contribution in [0.1, 0.15) is 37.5 Å². The molecule has 26 heavy (non-hydrogen) atoms. The number of nitrogens with one attached hydrogen (secondary N) is 1. The Balaban J connectivity index is 1.49. The van der Waals surface area contributed by atoms with Gasteiger partial charge < -0.3 is 14.6 Å². The standard InChI is InChI=1S/C20H30N4O2/c1-20(2)15-24(14-16-7-5-4-6-8-16)11-9-17(20)21-13-19-22-18(23-26-19)10-12-25-3/h4-8,17,21H,9-15H2,1-3H3. The highest BCUT2D eigenvalue weighted by Gasteiger charge is 2.35. The lowest BCUT2D eigenvalue weighted by Gasteiger charge is -2.44. The van der Waals surface area contributed by atoms with Crippen molar-refractivity contribution >= 4 is 0 Å². The van der Waals surface area contributed by atoms with E-state index in [-0.39, 0.29) is 5.41 Å². The fourth-order valence-corrected chi connectivity index (χ4v) is 3.69. The number of piperidine rings is 1. The van der Waals surface area contributed by atoms with Crippen molar-refractivity contribution in [1.82, 2.24) is 20.4 Å². The molecule has 0 bridgehead atoms. The van der Waals surface area contributed by atoms with E-state index in [4.69, 9.17) is 9.26 Å². The predicted molar refractivity (Wildman–Crippen MR) is 101 cm³/mol. The van der Waals surface area contributed by atoms with E-state index in [1.807, 2.05) is 0 Å². The monoisotopic (exact) mass is 358 g/mol. The van der Waals surface area contributed by atoms with Crippen LogP contribution in [0, 0.1) is 5.41 Å². The fourth-order valence-electron chi connectivity index (χ4n) is 3.69. The quantitative estimate of drug-likeness (QED) is 0.783. The molecule has 0 spiro atoms. The van der Waals surface area contributed by atoms with Crippen LogP contribution in [0.3, 0.4) is 0 Å². The van der Waals surface area contributed by atoms with Crippen molar-refractivity contribution < 1.29 is 9.26 Å². The van der Waals surface area contributed by atoms with Gasteiger partial charge in [0.1, 0.15) is 0 Å². The van der Waals surface area contributed by atoms with Crippen LogP contribution in [0.5, 0.6) is 0 Å². The largest absolute Gasteiger partial charge is 0.384 e. The van der Waals surface area contributed by atoms with Gasteiger partial charge >= 0.3 is 0 Å². The summed E-state index contributed by atoms with van der Waals surface area (Å²) in [5.41, 5.74) is 1.57. The molecule has 1 aliphatic rings. The number of benzene rings is 1. The molecule has 0 radical (unpaired) electrons. The maximum Gasteiger partial charge on any atom is 0.240 e. The third-order valence-corrected chi connectivity index (χ3v) is 5.10. The van der Waals surface area contributed by atoms with Gasteiger partial charge in [0.15, 0.2) is 5.82 Å². The minimum absolute atomic E-state index is 0.186. The Bertz CT molecular complexity index is 671. The molecule has 1 aromatic heterocycles. The van der Waals surface area contributed by atoms with Gasteiger partial charge in [-0.25, -0.2) is 0 Å². The lowest BCUT2D eigenvalue weighted by Crippen LogP contribution is -2.53. The van der Waals surface area contributed by atoms with E-state index in [1.165, 1.54) is 5.56 Å². The zero-order valence-corrected chi connectivity index (χ0v) is 16.1. The molecule has 1 aromatic carbocycles. The van der Waals surface area contributed by atoms with E-state index >= 15 is 0 Å².